The predicted molar refractivity (Wildman–Crippen MR) is 68.6 cm³/mol. The minimum Gasteiger partial charge on any atom is -0.309 e. The summed E-state index contributed by atoms with van der Waals surface area (Å²) in [6.45, 7) is 1.03. The molecule has 1 atom stereocenters. The SMILES string of the molecule is Fc1cccc(-c2cn[nH]c2C2CCCCN2)c1. The Kier molecular flexibility index (Phi) is 3.11. The number of aromatic amines is 1. The molecule has 0 aliphatic carbocycles. The quantitative estimate of drug-likeness (QED) is 0.853. The van der Waals surface area contributed by atoms with Crippen LogP contribution in [0.3, 0.4) is 0 Å². The zero-order valence-corrected chi connectivity index (χ0v) is 10.1. The molecule has 0 amide bonds. The molecule has 2 aromatic rings. The fourth-order valence-corrected chi connectivity index (χ4v) is 2.55. The monoisotopic (exact) mass is 245 g/mol. The lowest BCUT2D eigenvalue weighted by Gasteiger charge is -2.23. The van der Waals surface area contributed by atoms with Crippen LogP contribution in [0.5, 0.6) is 0 Å². The van der Waals surface area contributed by atoms with Crippen molar-refractivity contribution in [3.8, 4) is 11.1 Å². The van der Waals surface area contributed by atoms with E-state index < -0.39 is 0 Å². The Bertz CT molecular complexity index is 529. The van der Waals surface area contributed by atoms with Gasteiger partial charge >= 0.3 is 0 Å². The Morgan fingerprint density at radius 3 is 3.00 bits per heavy atom. The van der Waals surface area contributed by atoms with Gasteiger partial charge < -0.3 is 5.32 Å². The highest BCUT2D eigenvalue weighted by molar-refractivity contribution is 5.65. The van der Waals surface area contributed by atoms with Crippen LogP contribution in [-0.4, -0.2) is 16.7 Å². The summed E-state index contributed by atoms with van der Waals surface area (Å²) >= 11 is 0. The van der Waals surface area contributed by atoms with Gasteiger partial charge in [-0.1, -0.05) is 18.6 Å². The average molecular weight is 245 g/mol. The molecule has 1 aliphatic heterocycles. The van der Waals surface area contributed by atoms with E-state index in [0.717, 1.165) is 29.8 Å². The minimum absolute atomic E-state index is 0.212. The van der Waals surface area contributed by atoms with E-state index in [2.05, 4.69) is 15.5 Å². The van der Waals surface area contributed by atoms with Crippen LogP contribution in [0.1, 0.15) is 31.0 Å². The highest BCUT2D eigenvalue weighted by Gasteiger charge is 2.20. The predicted octanol–water partition coefficient (Wildman–Crippen LogP) is 3.03. The summed E-state index contributed by atoms with van der Waals surface area (Å²) in [5.41, 5.74) is 2.94. The number of hydrogen-bond donors (Lipinski definition) is 2. The smallest absolute Gasteiger partial charge is 0.123 e. The first-order chi connectivity index (χ1) is 8.84. The number of nitrogens with one attached hydrogen (secondary N) is 2. The van der Waals surface area contributed by atoms with Gasteiger partial charge in [-0.05, 0) is 37.1 Å². The van der Waals surface area contributed by atoms with Gasteiger partial charge in [0.05, 0.1) is 11.9 Å². The summed E-state index contributed by atoms with van der Waals surface area (Å²) in [6.07, 6.45) is 5.32. The van der Waals surface area contributed by atoms with E-state index in [-0.39, 0.29) is 5.82 Å². The van der Waals surface area contributed by atoms with Crippen LogP contribution in [0.4, 0.5) is 4.39 Å². The van der Waals surface area contributed by atoms with Gasteiger partial charge in [-0.25, -0.2) is 4.39 Å². The van der Waals surface area contributed by atoms with Gasteiger partial charge in [0, 0.05) is 11.6 Å². The second kappa shape index (κ2) is 4.90. The molecule has 2 N–H and O–H groups in total. The number of aromatic nitrogens is 2. The van der Waals surface area contributed by atoms with Gasteiger partial charge in [-0.3, -0.25) is 5.10 Å². The largest absolute Gasteiger partial charge is 0.309 e. The van der Waals surface area contributed by atoms with Gasteiger partial charge in [-0.2, -0.15) is 5.10 Å². The lowest BCUT2D eigenvalue weighted by molar-refractivity contribution is 0.405. The first-order valence-corrected chi connectivity index (χ1v) is 6.37. The van der Waals surface area contributed by atoms with E-state index in [1.165, 1.54) is 18.9 Å². The number of hydrogen-bond acceptors (Lipinski definition) is 2. The molecule has 1 saturated heterocycles. The second-order valence-electron chi connectivity index (χ2n) is 4.71. The Morgan fingerprint density at radius 1 is 1.28 bits per heavy atom. The number of H-pyrrole nitrogens is 1. The maximum absolute atomic E-state index is 13.3. The Hall–Kier alpha value is -1.68. The molecule has 1 aromatic carbocycles. The molecular formula is C14H16FN3. The third-order valence-electron chi connectivity index (χ3n) is 3.46. The minimum atomic E-state index is -0.212. The van der Waals surface area contributed by atoms with Crippen molar-refractivity contribution in [2.24, 2.45) is 0 Å². The normalized spacial score (nSPS) is 19.9. The van der Waals surface area contributed by atoms with Crippen LogP contribution in [0, 0.1) is 5.82 Å². The zero-order chi connectivity index (χ0) is 12.4. The average Bonchev–Trinajstić information content (AvgIpc) is 2.89. The molecule has 0 radical (unpaired) electrons. The third-order valence-corrected chi connectivity index (χ3v) is 3.46. The van der Waals surface area contributed by atoms with Crippen molar-refractivity contribution < 1.29 is 4.39 Å². The Balaban J connectivity index is 1.95. The molecule has 18 heavy (non-hydrogen) atoms. The molecule has 0 bridgehead atoms. The Morgan fingerprint density at radius 2 is 2.22 bits per heavy atom. The molecule has 0 spiro atoms. The standard InChI is InChI=1S/C14H16FN3/c15-11-5-3-4-10(8-11)12-9-17-18-14(12)13-6-1-2-7-16-13/h3-5,8-9,13,16H,1-2,6-7H2,(H,17,18). The van der Waals surface area contributed by atoms with Gasteiger partial charge in [0.15, 0.2) is 0 Å². The van der Waals surface area contributed by atoms with E-state index in [0.29, 0.717) is 6.04 Å². The van der Waals surface area contributed by atoms with Crippen molar-refractivity contribution in [2.75, 3.05) is 6.54 Å². The highest BCUT2D eigenvalue weighted by Crippen LogP contribution is 2.30. The van der Waals surface area contributed by atoms with Crippen molar-refractivity contribution >= 4 is 0 Å². The molecule has 3 rings (SSSR count). The topological polar surface area (TPSA) is 40.7 Å². The van der Waals surface area contributed by atoms with Crippen molar-refractivity contribution in [1.82, 2.24) is 15.5 Å². The van der Waals surface area contributed by atoms with E-state index in [1.807, 2.05) is 6.07 Å². The molecule has 1 unspecified atom stereocenters. The lowest BCUT2D eigenvalue weighted by atomic mass is 9.96. The van der Waals surface area contributed by atoms with Crippen molar-refractivity contribution in [1.29, 1.82) is 0 Å². The summed E-state index contributed by atoms with van der Waals surface area (Å²) in [7, 11) is 0. The van der Waals surface area contributed by atoms with Crippen molar-refractivity contribution in [2.45, 2.75) is 25.3 Å². The van der Waals surface area contributed by atoms with Crippen LogP contribution in [0.25, 0.3) is 11.1 Å². The summed E-state index contributed by atoms with van der Waals surface area (Å²) in [6, 6.07) is 6.97. The molecule has 1 aromatic heterocycles. The molecular weight excluding hydrogens is 229 g/mol. The lowest BCUT2D eigenvalue weighted by Crippen LogP contribution is -2.27. The molecule has 1 aliphatic rings. The number of nitrogens with zero attached hydrogens (tertiary/aromatic N) is 1. The Labute approximate surface area is 105 Å². The third kappa shape index (κ3) is 2.16. The first kappa shape index (κ1) is 11.4. The van der Waals surface area contributed by atoms with Gasteiger partial charge in [-0.15, -0.1) is 0 Å². The molecule has 0 saturated carbocycles. The number of benzene rings is 1. The van der Waals surface area contributed by atoms with Crippen LogP contribution < -0.4 is 5.32 Å². The molecule has 94 valence electrons. The van der Waals surface area contributed by atoms with E-state index in [1.54, 1.807) is 18.3 Å². The van der Waals surface area contributed by atoms with E-state index in [4.69, 9.17) is 0 Å². The van der Waals surface area contributed by atoms with Crippen LogP contribution in [0.2, 0.25) is 0 Å². The first-order valence-electron chi connectivity index (χ1n) is 6.37. The highest BCUT2D eigenvalue weighted by atomic mass is 19.1. The summed E-state index contributed by atoms with van der Waals surface area (Å²) in [5.74, 6) is -0.212. The maximum Gasteiger partial charge on any atom is 0.123 e. The van der Waals surface area contributed by atoms with E-state index in [9.17, 15) is 4.39 Å². The number of rotatable bonds is 2. The second-order valence-corrected chi connectivity index (χ2v) is 4.71. The summed E-state index contributed by atoms with van der Waals surface area (Å²) in [4.78, 5) is 0. The molecule has 2 heterocycles. The fourth-order valence-electron chi connectivity index (χ4n) is 2.55. The van der Waals surface area contributed by atoms with Gasteiger partial charge in [0.1, 0.15) is 5.82 Å². The molecule has 1 fully saturated rings. The van der Waals surface area contributed by atoms with E-state index >= 15 is 0 Å². The summed E-state index contributed by atoms with van der Waals surface area (Å²) in [5, 5.41) is 10.7. The fraction of sp³-hybridized carbons (Fsp3) is 0.357. The van der Waals surface area contributed by atoms with Gasteiger partial charge in [0.2, 0.25) is 0 Å². The zero-order valence-electron chi connectivity index (χ0n) is 10.1. The van der Waals surface area contributed by atoms with Crippen LogP contribution in [-0.2, 0) is 0 Å². The van der Waals surface area contributed by atoms with Crippen LogP contribution in [0.15, 0.2) is 30.5 Å². The molecule has 3 nitrogen and oxygen atoms in total. The maximum atomic E-state index is 13.3. The molecule has 4 heteroatoms. The van der Waals surface area contributed by atoms with Crippen LogP contribution >= 0.6 is 0 Å². The summed E-state index contributed by atoms with van der Waals surface area (Å²) < 4.78 is 13.3. The van der Waals surface area contributed by atoms with Crippen molar-refractivity contribution in [3.05, 3.63) is 42.0 Å². The van der Waals surface area contributed by atoms with Gasteiger partial charge in [0.25, 0.3) is 0 Å². The van der Waals surface area contributed by atoms with Crippen molar-refractivity contribution in [3.63, 3.8) is 0 Å². The number of halogens is 1. The number of piperidine rings is 1.